The highest BCUT2D eigenvalue weighted by molar-refractivity contribution is 5.81. The first-order chi connectivity index (χ1) is 9.66. The number of amides is 1. The lowest BCUT2D eigenvalue weighted by Gasteiger charge is -2.40. The van der Waals surface area contributed by atoms with Crippen molar-refractivity contribution < 1.29 is 9.18 Å². The van der Waals surface area contributed by atoms with E-state index in [2.05, 4.69) is 4.90 Å². The van der Waals surface area contributed by atoms with Gasteiger partial charge in [-0.3, -0.25) is 14.6 Å². The first-order valence-corrected chi connectivity index (χ1v) is 7.18. The molecular formula is C15H20FN3O. The molecule has 1 aromatic carbocycles. The number of carbonyl (C=O) groups is 1. The zero-order chi connectivity index (χ0) is 14.1. The molecule has 20 heavy (non-hydrogen) atoms. The van der Waals surface area contributed by atoms with Gasteiger partial charge < -0.3 is 5.73 Å². The monoisotopic (exact) mass is 277 g/mol. The van der Waals surface area contributed by atoms with Crippen molar-refractivity contribution >= 4 is 5.91 Å². The molecule has 1 amide bonds. The number of halogens is 1. The number of benzene rings is 1. The summed E-state index contributed by atoms with van der Waals surface area (Å²) in [6.07, 6.45) is 2.36. The third kappa shape index (κ3) is 2.43. The van der Waals surface area contributed by atoms with Gasteiger partial charge in [-0.1, -0.05) is 18.2 Å². The van der Waals surface area contributed by atoms with Crippen molar-refractivity contribution in [2.24, 2.45) is 5.73 Å². The van der Waals surface area contributed by atoms with Crippen LogP contribution in [0.15, 0.2) is 24.3 Å². The summed E-state index contributed by atoms with van der Waals surface area (Å²) in [5.74, 6) is -0.827. The average molecular weight is 277 g/mol. The summed E-state index contributed by atoms with van der Waals surface area (Å²) in [5, 5.41) is 0. The van der Waals surface area contributed by atoms with Crippen LogP contribution in [0.5, 0.6) is 0 Å². The second kappa shape index (κ2) is 5.50. The van der Waals surface area contributed by atoms with E-state index in [1.54, 1.807) is 18.2 Å². The van der Waals surface area contributed by atoms with Crippen LogP contribution in [0.1, 0.15) is 24.4 Å². The van der Waals surface area contributed by atoms with Gasteiger partial charge >= 0.3 is 0 Å². The Morgan fingerprint density at radius 3 is 2.85 bits per heavy atom. The maximum absolute atomic E-state index is 14.0. The van der Waals surface area contributed by atoms with Gasteiger partial charge in [-0.2, -0.15) is 0 Å². The van der Waals surface area contributed by atoms with Crippen molar-refractivity contribution in [3.05, 3.63) is 35.6 Å². The molecule has 2 saturated heterocycles. The molecule has 2 heterocycles. The quantitative estimate of drug-likeness (QED) is 0.901. The number of nitrogens with two attached hydrogens (primary N) is 1. The lowest BCUT2D eigenvalue weighted by atomic mass is 10.0. The van der Waals surface area contributed by atoms with E-state index < -0.39 is 11.9 Å². The van der Waals surface area contributed by atoms with Gasteiger partial charge in [-0.15, -0.1) is 0 Å². The fourth-order valence-electron chi connectivity index (χ4n) is 3.48. The van der Waals surface area contributed by atoms with E-state index in [0.29, 0.717) is 11.6 Å². The van der Waals surface area contributed by atoms with E-state index in [1.807, 2.05) is 4.90 Å². The van der Waals surface area contributed by atoms with Crippen LogP contribution < -0.4 is 5.73 Å². The van der Waals surface area contributed by atoms with Crippen LogP contribution in [0.3, 0.4) is 0 Å². The van der Waals surface area contributed by atoms with E-state index in [4.69, 9.17) is 5.73 Å². The number of nitrogens with zero attached hydrogens (tertiary/aromatic N) is 2. The Morgan fingerprint density at radius 1 is 1.30 bits per heavy atom. The van der Waals surface area contributed by atoms with Gasteiger partial charge in [0.25, 0.3) is 0 Å². The Hall–Kier alpha value is -1.46. The van der Waals surface area contributed by atoms with Gasteiger partial charge in [-0.25, -0.2) is 4.39 Å². The van der Waals surface area contributed by atoms with Gasteiger partial charge in [0.05, 0.1) is 0 Å². The van der Waals surface area contributed by atoms with E-state index >= 15 is 0 Å². The minimum absolute atomic E-state index is 0.356. The molecule has 2 atom stereocenters. The van der Waals surface area contributed by atoms with Gasteiger partial charge in [0.2, 0.25) is 5.91 Å². The zero-order valence-electron chi connectivity index (χ0n) is 11.5. The van der Waals surface area contributed by atoms with Crippen LogP contribution >= 0.6 is 0 Å². The number of fused-ring (bicyclic) bond motifs is 1. The summed E-state index contributed by atoms with van der Waals surface area (Å²) >= 11 is 0. The molecule has 2 aliphatic rings. The van der Waals surface area contributed by atoms with E-state index in [1.165, 1.54) is 12.5 Å². The second-order valence-corrected chi connectivity index (χ2v) is 5.65. The molecule has 0 saturated carbocycles. The molecule has 2 fully saturated rings. The standard InChI is InChI=1S/C15H20FN3O/c16-13-6-2-1-5-12(13)14(15(17)20)19-9-8-18-7-3-4-11(18)10-19/h1-2,5-6,11,14H,3-4,7-10H2,(H2,17,20)/t11-,14?/m1/s1. The van der Waals surface area contributed by atoms with Crippen LogP contribution in [0, 0.1) is 5.82 Å². The predicted octanol–water partition coefficient (Wildman–Crippen LogP) is 1.13. The van der Waals surface area contributed by atoms with Crippen LogP contribution in [0.2, 0.25) is 0 Å². The maximum atomic E-state index is 14.0. The Balaban J connectivity index is 1.84. The Labute approximate surface area is 118 Å². The molecule has 0 radical (unpaired) electrons. The smallest absolute Gasteiger partial charge is 0.239 e. The third-order valence-electron chi connectivity index (χ3n) is 4.45. The van der Waals surface area contributed by atoms with Crippen molar-refractivity contribution in [3.8, 4) is 0 Å². The maximum Gasteiger partial charge on any atom is 0.239 e. The summed E-state index contributed by atoms with van der Waals surface area (Å²) in [4.78, 5) is 16.3. The van der Waals surface area contributed by atoms with Crippen LogP contribution in [0.4, 0.5) is 4.39 Å². The van der Waals surface area contributed by atoms with Crippen LogP contribution in [-0.4, -0.2) is 47.9 Å². The third-order valence-corrected chi connectivity index (χ3v) is 4.45. The van der Waals surface area contributed by atoms with E-state index in [9.17, 15) is 9.18 Å². The summed E-state index contributed by atoms with van der Waals surface area (Å²) in [6, 6.07) is 6.26. The number of primary amides is 1. The summed E-state index contributed by atoms with van der Waals surface area (Å²) < 4.78 is 14.0. The fraction of sp³-hybridized carbons (Fsp3) is 0.533. The largest absolute Gasteiger partial charge is 0.368 e. The molecule has 0 aliphatic carbocycles. The zero-order valence-corrected chi connectivity index (χ0v) is 11.5. The predicted molar refractivity (Wildman–Crippen MR) is 74.5 cm³/mol. The molecular weight excluding hydrogens is 257 g/mol. The molecule has 0 spiro atoms. The van der Waals surface area contributed by atoms with Crippen LogP contribution in [0.25, 0.3) is 0 Å². The molecule has 0 aromatic heterocycles. The molecule has 1 aromatic rings. The fourth-order valence-corrected chi connectivity index (χ4v) is 3.48. The Morgan fingerprint density at radius 2 is 2.10 bits per heavy atom. The Kier molecular flexibility index (Phi) is 3.72. The summed E-state index contributed by atoms with van der Waals surface area (Å²) in [7, 11) is 0. The lowest BCUT2D eigenvalue weighted by Crippen LogP contribution is -2.53. The molecule has 2 aliphatic heterocycles. The van der Waals surface area contributed by atoms with Crippen molar-refractivity contribution in [2.45, 2.75) is 24.9 Å². The van der Waals surface area contributed by atoms with Crippen LogP contribution in [-0.2, 0) is 4.79 Å². The van der Waals surface area contributed by atoms with Gasteiger partial charge in [0, 0.05) is 31.2 Å². The van der Waals surface area contributed by atoms with Crippen molar-refractivity contribution in [3.63, 3.8) is 0 Å². The molecule has 4 nitrogen and oxygen atoms in total. The number of rotatable bonds is 3. The van der Waals surface area contributed by atoms with Crippen molar-refractivity contribution in [2.75, 3.05) is 26.2 Å². The second-order valence-electron chi connectivity index (χ2n) is 5.65. The first-order valence-electron chi connectivity index (χ1n) is 7.18. The Bertz CT molecular complexity index is 508. The van der Waals surface area contributed by atoms with Gasteiger partial charge in [0.15, 0.2) is 0 Å². The number of hydrogen-bond donors (Lipinski definition) is 1. The minimum Gasteiger partial charge on any atom is -0.368 e. The molecule has 5 heteroatoms. The van der Waals surface area contributed by atoms with Crippen molar-refractivity contribution in [1.29, 1.82) is 0 Å². The van der Waals surface area contributed by atoms with Gasteiger partial charge in [-0.05, 0) is 25.5 Å². The van der Waals surface area contributed by atoms with E-state index in [-0.39, 0.29) is 5.82 Å². The van der Waals surface area contributed by atoms with E-state index in [0.717, 1.165) is 32.6 Å². The highest BCUT2D eigenvalue weighted by Gasteiger charge is 2.36. The number of piperazine rings is 1. The molecule has 0 bridgehead atoms. The van der Waals surface area contributed by atoms with Crippen molar-refractivity contribution in [1.82, 2.24) is 9.80 Å². The lowest BCUT2D eigenvalue weighted by molar-refractivity contribution is -0.124. The SMILES string of the molecule is NC(=O)C(c1ccccc1F)N1CCN2CCC[C@@H]2C1. The summed E-state index contributed by atoms with van der Waals surface area (Å²) in [6.45, 7) is 3.63. The first kappa shape index (κ1) is 13.5. The highest BCUT2D eigenvalue weighted by atomic mass is 19.1. The molecule has 108 valence electrons. The molecule has 1 unspecified atom stereocenters. The molecule has 2 N–H and O–H groups in total. The minimum atomic E-state index is -0.654. The molecule has 3 rings (SSSR count). The van der Waals surface area contributed by atoms with Gasteiger partial charge in [0.1, 0.15) is 11.9 Å². The number of carbonyl (C=O) groups excluding carboxylic acids is 1. The average Bonchev–Trinajstić information content (AvgIpc) is 2.88. The normalized spacial score (nSPS) is 25.4. The summed E-state index contributed by atoms with van der Waals surface area (Å²) in [5.41, 5.74) is 5.94. The highest BCUT2D eigenvalue weighted by Crippen LogP contribution is 2.29. The number of hydrogen-bond acceptors (Lipinski definition) is 3. The topological polar surface area (TPSA) is 49.6 Å².